The van der Waals surface area contributed by atoms with Crippen molar-refractivity contribution in [2.24, 2.45) is 10.4 Å². The van der Waals surface area contributed by atoms with Gasteiger partial charge in [0, 0.05) is 0 Å². The van der Waals surface area contributed by atoms with Gasteiger partial charge in [0.05, 0.1) is 13.2 Å². The van der Waals surface area contributed by atoms with Gasteiger partial charge in [0.1, 0.15) is 23.0 Å². The summed E-state index contributed by atoms with van der Waals surface area (Å²) in [6.07, 6.45) is 0.614. The maximum absolute atomic E-state index is 11.5. The van der Waals surface area contributed by atoms with Crippen molar-refractivity contribution >= 4 is 18.0 Å². The topological polar surface area (TPSA) is 79.5 Å². The second-order valence-corrected chi connectivity index (χ2v) is 4.46. The molecule has 0 aromatic heterocycles. The molecule has 0 spiro atoms. The summed E-state index contributed by atoms with van der Waals surface area (Å²) in [5.74, 6) is -0.693. The van der Waals surface area contributed by atoms with Gasteiger partial charge >= 0.3 is 5.97 Å². The van der Waals surface area contributed by atoms with Crippen LogP contribution >= 0.6 is 0 Å². The molecule has 16 heavy (non-hydrogen) atoms. The quantitative estimate of drug-likeness (QED) is 0.407. The van der Waals surface area contributed by atoms with Crippen LogP contribution in [0, 0.1) is 16.7 Å². The molecular formula is C11H16N2O3. The first kappa shape index (κ1) is 14.3. The SMILES string of the molecule is COC(=O)C(=NC(C)(C)C=O)C(C)(C)C#N. The summed E-state index contributed by atoms with van der Waals surface area (Å²) in [4.78, 5) is 26.2. The summed E-state index contributed by atoms with van der Waals surface area (Å²) in [6.45, 7) is 6.19. The maximum atomic E-state index is 11.5. The Morgan fingerprint density at radius 1 is 1.38 bits per heavy atom. The minimum absolute atomic E-state index is 0.0467. The van der Waals surface area contributed by atoms with Crippen molar-refractivity contribution in [3.8, 4) is 6.07 Å². The largest absolute Gasteiger partial charge is 0.465 e. The van der Waals surface area contributed by atoms with Crippen LogP contribution in [0.5, 0.6) is 0 Å². The molecule has 0 aliphatic heterocycles. The van der Waals surface area contributed by atoms with Gasteiger partial charge in [-0.25, -0.2) is 4.79 Å². The van der Waals surface area contributed by atoms with Crippen molar-refractivity contribution < 1.29 is 14.3 Å². The van der Waals surface area contributed by atoms with E-state index in [4.69, 9.17) is 5.26 Å². The van der Waals surface area contributed by atoms with Gasteiger partial charge in [0.15, 0.2) is 0 Å². The van der Waals surface area contributed by atoms with Gasteiger partial charge < -0.3 is 9.53 Å². The monoisotopic (exact) mass is 224 g/mol. The number of hydrogen-bond acceptors (Lipinski definition) is 5. The average Bonchev–Trinajstić information content (AvgIpc) is 2.24. The van der Waals surface area contributed by atoms with Crippen LogP contribution in [-0.4, -0.2) is 30.6 Å². The normalized spacial score (nSPS) is 12.9. The molecule has 0 fully saturated rings. The first-order chi connectivity index (χ1) is 7.20. The highest BCUT2D eigenvalue weighted by atomic mass is 16.5. The minimum Gasteiger partial charge on any atom is -0.465 e. The molecule has 5 heteroatoms. The lowest BCUT2D eigenvalue weighted by Gasteiger charge is -2.20. The highest BCUT2D eigenvalue weighted by Gasteiger charge is 2.33. The van der Waals surface area contributed by atoms with Crippen LogP contribution < -0.4 is 0 Å². The lowest BCUT2D eigenvalue weighted by atomic mass is 9.88. The Hall–Kier alpha value is -1.70. The summed E-state index contributed by atoms with van der Waals surface area (Å²) in [6, 6.07) is 1.96. The zero-order valence-corrected chi connectivity index (χ0v) is 10.2. The fraction of sp³-hybridized carbons (Fsp3) is 0.636. The predicted molar refractivity (Wildman–Crippen MR) is 59.0 cm³/mol. The molecule has 0 bridgehead atoms. The van der Waals surface area contributed by atoms with E-state index in [0.29, 0.717) is 6.29 Å². The zero-order valence-electron chi connectivity index (χ0n) is 10.2. The number of nitriles is 1. The highest BCUT2D eigenvalue weighted by molar-refractivity contribution is 6.39. The van der Waals surface area contributed by atoms with E-state index in [1.165, 1.54) is 7.11 Å². The average molecular weight is 224 g/mol. The number of aliphatic imine (C=N–C) groups is 1. The van der Waals surface area contributed by atoms with Crippen LogP contribution in [0.3, 0.4) is 0 Å². The zero-order chi connectivity index (χ0) is 13.0. The lowest BCUT2D eigenvalue weighted by molar-refractivity contribution is -0.133. The Bertz CT molecular complexity index is 362. The number of esters is 1. The molecule has 0 aliphatic carbocycles. The molecule has 0 rings (SSSR count). The molecule has 0 N–H and O–H groups in total. The number of methoxy groups -OCH3 is 1. The molecule has 5 nitrogen and oxygen atoms in total. The molecule has 0 unspecified atom stereocenters. The number of rotatable bonds is 4. The fourth-order valence-corrected chi connectivity index (χ4v) is 0.905. The fourth-order valence-electron chi connectivity index (χ4n) is 0.905. The van der Waals surface area contributed by atoms with Gasteiger partial charge in [-0.15, -0.1) is 0 Å². The Balaban J connectivity index is 5.55. The summed E-state index contributed by atoms with van der Waals surface area (Å²) in [7, 11) is 1.21. The van der Waals surface area contributed by atoms with Gasteiger partial charge in [-0.3, -0.25) is 4.99 Å². The standard InChI is InChI=1S/C11H16N2O3/c1-10(2,6-12)8(9(15)16-5)13-11(3,4)7-14/h7H,1-5H3. The smallest absolute Gasteiger partial charge is 0.353 e. The minimum atomic E-state index is -1.09. The van der Waals surface area contributed by atoms with Crippen LogP contribution in [0.1, 0.15) is 27.7 Å². The summed E-state index contributed by atoms with van der Waals surface area (Å²) < 4.78 is 4.55. The molecule has 88 valence electrons. The van der Waals surface area contributed by atoms with E-state index in [-0.39, 0.29) is 5.71 Å². The summed E-state index contributed by atoms with van der Waals surface area (Å²) in [5, 5.41) is 8.95. The first-order valence-electron chi connectivity index (χ1n) is 4.76. The second-order valence-electron chi connectivity index (χ2n) is 4.46. The van der Waals surface area contributed by atoms with E-state index < -0.39 is 16.9 Å². The number of carbonyl (C=O) groups excluding carboxylic acids is 2. The van der Waals surface area contributed by atoms with E-state index in [2.05, 4.69) is 9.73 Å². The van der Waals surface area contributed by atoms with Crippen LogP contribution in [0.4, 0.5) is 0 Å². The Morgan fingerprint density at radius 3 is 2.19 bits per heavy atom. The van der Waals surface area contributed by atoms with Crippen molar-refractivity contribution in [2.45, 2.75) is 33.2 Å². The van der Waals surface area contributed by atoms with Crippen molar-refractivity contribution in [3.63, 3.8) is 0 Å². The third-order valence-corrected chi connectivity index (χ3v) is 1.94. The van der Waals surface area contributed by atoms with Crippen LogP contribution in [-0.2, 0) is 14.3 Å². The maximum Gasteiger partial charge on any atom is 0.353 e. The van der Waals surface area contributed by atoms with E-state index >= 15 is 0 Å². The number of ether oxygens (including phenoxy) is 1. The van der Waals surface area contributed by atoms with Crippen LogP contribution in [0.2, 0.25) is 0 Å². The summed E-state index contributed by atoms with van der Waals surface area (Å²) >= 11 is 0. The van der Waals surface area contributed by atoms with Gasteiger partial charge in [0.25, 0.3) is 0 Å². The molecule has 0 saturated carbocycles. The number of hydrogen-bond donors (Lipinski definition) is 0. The molecule has 0 aromatic carbocycles. The first-order valence-corrected chi connectivity index (χ1v) is 4.76. The number of carbonyl (C=O) groups is 2. The van der Waals surface area contributed by atoms with Crippen molar-refractivity contribution in [3.05, 3.63) is 0 Å². The van der Waals surface area contributed by atoms with Crippen molar-refractivity contribution in [1.29, 1.82) is 5.26 Å². The van der Waals surface area contributed by atoms with Gasteiger partial charge in [0.2, 0.25) is 0 Å². The van der Waals surface area contributed by atoms with Gasteiger partial charge in [-0.05, 0) is 27.7 Å². The molecule has 0 radical (unpaired) electrons. The number of nitrogens with zero attached hydrogens (tertiary/aromatic N) is 2. The van der Waals surface area contributed by atoms with E-state index in [1.807, 2.05) is 6.07 Å². The molecule has 0 heterocycles. The van der Waals surface area contributed by atoms with E-state index in [0.717, 1.165) is 0 Å². The molecule has 0 saturated heterocycles. The lowest BCUT2D eigenvalue weighted by Crippen LogP contribution is -2.35. The Morgan fingerprint density at radius 2 is 1.88 bits per heavy atom. The summed E-state index contributed by atoms with van der Waals surface area (Å²) in [5.41, 5.74) is -2.18. The third-order valence-electron chi connectivity index (χ3n) is 1.94. The van der Waals surface area contributed by atoms with Crippen LogP contribution in [0.25, 0.3) is 0 Å². The molecule has 0 aliphatic rings. The number of aldehydes is 1. The molecule has 0 amide bonds. The molecular weight excluding hydrogens is 208 g/mol. The molecule has 0 aromatic rings. The van der Waals surface area contributed by atoms with E-state index in [1.54, 1.807) is 27.7 Å². The van der Waals surface area contributed by atoms with Crippen molar-refractivity contribution in [1.82, 2.24) is 0 Å². The predicted octanol–water partition coefficient (Wildman–Crippen LogP) is 1.13. The second kappa shape index (κ2) is 4.88. The highest BCUT2D eigenvalue weighted by Crippen LogP contribution is 2.20. The van der Waals surface area contributed by atoms with Gasteiger partial charge in [-0.2, -0.15) is 5.26 Å². The van der Waals surface area contributed by atoms with Gasteiger partial charge in [-0.1, -0.05) is 0 Å². The third kappa shape index (κ3) is 3.46. The van der Waals surface area contributed by atoms with Crippen LogP contribution in [0.15, 0.2) is 4.99 Å². The van der Waals surface area contributed by atoms with E-state index in [9.17, 15) is 9.59 Å². The Labute approximate surface area is 95.1 Å². The van der Waals surface area contributed by atoms with Crippen molar-refractivity contribution in [2.75, 3.05) is 7.11 Å². The molecule has 0 atom stereocenters. The Kier molecular flexibility index (Phi) is 4.36.